The molecule has 1 aromatic rings. The van der Waals surface area contributed by atoms with E-state index in [2.05, 4.69) is 55.0 Å². The summed E-state index contributed by atoms with van der Waals surface area (Å²) in [5.74, 6) is 0. The molecular formula is C13H12Br3N3O2. The Morgan fingerprint density at radius 3 is 1.86 bits per heavy atom. The van der Waals surface area contributed by atoms with Gasteiger partial charge in [0.2, 0.25) is 0 Å². The van der Waals surface area contributed by atoms with Gasteiger partial charge in [-0.1, -0.05) is 36.4 Å². The number of allylic oxidation sites excluding steroid dienone is 1. The van der Waals surface area contributed by atoms with E-state index in [4.69, 9.17) is 0 Å². The van der Waals surface area contributed by atoms with Crippen LogP contribution in [0.3, 0.4) is 0 Å². The molecule has 5 nitrogen and oxygen atoms in total. The van der Waals surface area contributed by atoms with Crippen LogP contribution < -0.4 is 0 Å². The lowest BCUT2D eigenvalue weighted by atomic mass is 9.98. The monoisotopic (exact) mass is 479 g/mol. The van der Waals surface area contributed by atoms with Gasteiger partial charge in [0, 0.05) is 0 Å². The number of carbonyl (C=O) groups excluding carboxylic acids is 2. The summed E-state index contributed by atoms with van der Waals surface area (Å²) in [6.45, 7) is 7.56. The molecule has 0 aliphatic carbocycles. The number of hydrogen-bond acceptors (Lipinski definition) is 2. The Hall–Kier alpha value is -0.860. The fourth-order valence-electron chi connectivity index (χ4n) is 1.98. The summed E-state index contributed by atoms with van der Waals surface area (Å²) < 4.78 is 3.42. The number of halogens is 3. The number of imide groups is 1. The number of hydrogen-bond donors (Lipinski definition) is 0. The Morgan fingerprint density at radius 2 is 1.48 bits per heavy atom. The zero-order chi connectivity index (χ0) is 15.9. The predicted octanol–water partition coefficient (Wildman–Crippen LogP) is 4.98. The van der Waals surface area contributed by atoms with Crippen LogP contribution in [0.2, 0.25) is 0 Å². The molecule has 1 aliphatic rings. The first-order valence-electron chi connectivity index (χ1n) is 5.93. The van der Waals surface area contributed by atoms with Gasteiger partial charge < -0.3 is 0 Å². The summed E-state index contributed by atoms with van der Waals surface area (Å²) in [7, 11) is 0. The first-order chi connectivity index (χ1) is 9.71. The van der Waals surface area contributed by atoms with Crippen LogP contribution in [0.25, 0.3) is 5.57 Å². The Kier molecular flexibility index (Phi) is 4.51. The molecule has 0 saturated carbocycles. The van der Waals surface area contributed by atoms with E-state index >= 15 is 0 Å². The maximum absolute atomic E-state index is 12.1. The van der Waals surface area contributed by atoms with Gasteiger partial charge in [0.05, 0.1) is 48.4 Å². The molecule has 1 saturated heterocycles. The fraction of sp³-hybridized carbons (Fsp3) is 0.231. The molecule has 0 atom stereocenters. The molecular weight excluding hydrogens is 470 g/mol. The van der Waals surface area contributed by atoms with Gasteiger partial charge in [-0.15, -0.1) is 0 Å². The molecule has 0 radical (unpaired) electrons. The number of rotatable bonds is 2. The van der Waals surface area contributed by atoms with Crippen molar-refractivity contribution >= 4 is 66.1 Å². The van der Waals surface area contributed by atoms with Gasteiger partial charge in [0.1, 0.15) is 0 Å². The molecule has 0 aromatic heterocycles. The smallest absolute Gasteiger partial charge is 0.246 e. The fourth-order valence-corrected chi connectivity index (χ4v) is 3.98. The van der Waals surface area contributed by atoms with Crippen LogP contribution in [0, 0.1) is 0 Å². The molecule has 112 valence electrons. The van der Waals surface area contributed by atoms with E-state index in [0.717, 1.165) is 20.6 Å². The SMILES string of the molecule is C=C(C)c1ccc(C2(C)N(Br)C(=O)N(Br)C(=O)N2Br)cc1. The van der Waals surface area contributed by atoms with Gasteiger partial charge in [0.15, 0.2) is 5.66 Å². The Balaban J connectivity index is 2.50. The van der Waals surface area contributed by atoms with Crippen LogP contribution in [0.5, 0.6) is 0 Å². The van der Waals surface area contributed by atoms with Gasteiger partial charge >= 0.3 is 12.1 Å². The van der Waals surface area contributed by atoms with Crippen molar-refractivity contribution in [2.75, 3.05) is 0 Å². The molecule has 0 N–H and O–H groups in total. The average molecular weight is 482 g/mol. The van der Waals surface area contributed by atoms with Crippen LogP contribution in [0.1, 0.15) is 25.0 Å². The van der Waals surface area contributed by atoms with Gasteiger partial charge in [-0.05, 0) is 25.0 Å². The quantitative estimate of drug-likeness (QED) is 0.559. The minimum absolute atomic E-state index is 0.512. The summed E-state index contributed by atoms with van der Waals surface area (Å²) in [5.41, 5.74) is 1.70. The van der Waals surface area contributed by atoms with Crippen LogP contribution in [-0.2, 0) is 5.66 Å². The van der Waals surface area contributed by atoms with E-state index in [9.17, 15) is 9.59 Å². The molecule has 4 amide bonds. The highest BCUT2D eigenvalue weighted by Crippen LogP contribution is 2.42. The molecule has 1 aliphatic heterocycles. The van der Waals surface area contributed by atoms with Crippen molar-refractivity contribution in [2.24, 2.45) is 0 Å². The van der Waals surface area contributed by atoms with E-state index in [-0.39, 0.29) is 0 Å². The van der Waals surface area contributed by atoms with Crippen LogP contribution >= 0.6 is 48.4 Å². The Bertz CT molecular complexity index is 596. The average Bonchev–Trinajstić information content (AvgIpc) is 2.49. The number of carbonyl (C=O) groups is 2. The third-order valence-corrected chi connectivity index (χ3v) is 5.96. The van der Waals surface area contributed by atoms with Crippen LogP contribution in [-0.4, -0.2) is 23.8 Å². The molecule has 0 unspecified atom stereocenters. The van der Waals surface area contributed by atoms with E-state index in [1.807, 2.05) is 31.2 Å². The van der Waals surface area contributed by atoms with E-state index in [1.54, 1.807) is 6.92 Å². The Labute approximate surface area is 148 Å². The third kappa shape index (κ3) is 2.53. The van der Waals surface area contributed by atoms with Crippen molar-refractivity contribution in [3.8, 4) is 0 Å². The van der Waals surface area contributed by atoms with Gasteiger partial charge in [-0.25, -0.2) is 17.4 Å². The zero-order valence-corrected chi connectivity index (χ0v) is 16.1. The van der Waals surface area contributed by atoms with Gasteiger partial charge in [0.25, 0.3) is 0 Å². The van der Waals surface area contributed by atoms with Crippen molar-refractivity contribution in [1.29, 1.82) is 0 Å². The normalized spacial score (nSPS) is 18.2. The van der Waals surface area contributed by atoms with Crippen molar-refractivity contribution in [3.63, 3.8) is 0 Å². The maximum atomic E-state index is 12.1. The van der Waals surface area contributed by atoms with Crippen LogP contribution in [0.15, 0.2) is 30.8 Å². The van der Waals surface area contributed by atoms with Gasteiger partial charge in [-0.3, -0.25) is 0 Å². The summed E-state index contributed by atoms with van der Waals surface area (Å²) in [6.07, 6.45) is 0. The predicted molar refractivity (Wildman–Crippen MR) is 91.6 cm³/mol. The molecule has 2 rings (SSSR count). The lowest BCUT2D eigenvalue weighted by Crippen LogP contribution is -2.62. The van der Waals surface area contributed by atoms with Crippen molar-refractivity contribution in [1.82, 2.24) is 11.8 Å². The minimum Gasteiger partial charge on any atom is -0.246 e. The topological polar surface area (TPSA) is 43.9 Å². The molecule has 0 spiro atoms. The lowest BCUT2D eigenvalue weighted by molar-refractivity contribution is 0.0891. The number of benzene rings is 1. The maximum Gasteiger partial charge on any atom is 0.350 e. The number of nitrogens with zero attached hydrogens (tertiary/aromatic N) is 3. The third-order valence-electron chi connectivity index (χ3n) is 3.36. The van der Waals surface area contributed by atoms with Crippen LogP contribution in [0.4, 0.5) is 9.59 Å². The highest BCUT2D eigenvalue weighted by Gasteiger charge is 2.51. The first-order valence-corrected chi connectivity index (χ1v) is 8.06. The molecule has 8 heteroatoms. The summed E-state index contributed by atoms with van der Waals surface area (Å²) in [4.78, 5) is 24.2. The molecule has 1 aromatic carbocycles. The molecule has 0 bridgehead atoms. The van der Waals surface area contributed by atoms with Crippen molar-refractivity contribution in [2.45, 2.75) is 19.5 Å². The largest absolute Gasteiger partial charge is 0.350 e. The highest BCUT2D eigenvalue weighted by molar-refractivity contribution is 9.09. The van der Waals surface area contributed by atoms with Gasteiger partial charge in [-0.2, -0.15) is 3.93 Å². The van der Waals surface area contributed by atoms with E-state index < -0.39 is 17.7 Å². The number of amides is 4. The summed E-state index contributed by atoms with van der Waals surface area (Å²) in [5, 5.41) is 0. The lowest BCUT2D eigenvalue weighted by Gasteiger charge is -2.47. The summed E-state index contributed by atoms with van der Waals surface area (Å²) in [6, 6.07) is 6.50. The van der Waals surface area contributed by atoms with Crippen molar-refractivity contribution < 1.29 is 9.59 Å². The second kappa shape index (κ2) is 5.73. The molecule has 1 fully saturated rings. The second-order valence-corrected chi connectivity index (χ2v) is 6.91. The Morgan fingerprint density at radius 1 is 1.05 bits per heavy atom. The number of urea groups is 2. The minimum atomic E-state index is -1.01. The summed E-state index contributed by atoms with van der Waals surface area (Å²) >= 11 is 9.41. The molecule has 1 heterocycles. The van der Waals surface area contributed by atoms with Crippen molar-refractivity contribution in [3.05, 3.63) is 42.0 Å². The standard InChI is InChI=1S/C13H12Br3N3O2/c1-8(2)9-4-6-10(7-5-9)13(3)18(15)11(20)17(14)12(21)19(13)16/h4-7H,1H2,2-3H3. The van der Waals surface area contributed by atoms with E-state index in [0.29, 0.717) is 0 Å². The highest BCUT2D eigenvalue weighted by atomic mass is 79.9. The molecule has 21 heavy (non-hydrogen) atoms. The zero-order valence-electron chi connectivity index (χ0n) is 11.3. The van der Waals surface area contributed by atoms with E-state index in [1.165, 1.54) is 7.85 Å². The first kappa shape index (κ1) is 16.5. The second-order valence-electron chi connectivity index (χ2n) is 4.79.